The highest BCUT2D eigenvalue weighted by atomic mass is 19.1. The average molecular weight is 401 g/mol. The van der Waals surface area contributed by atoms with Gasteiger partial charge in [-0.1, -0.05) is 0 Å². The Morgan fingerprint density at radius 3 is 2.76 bits per heavy atom. The molecule has 29 heavy (non-hydrogen) atoms. The van der Waals surface area contributed by atoms with Crippen molar-refractivity contribution in [2.24, 2.45) is 13.0 Å². The number of hydrogen-bond acceptors (Lipinski definition) is 4. The van der Waals surface area contributed by atoms with Crippen LogP contribution in [-0.2, 0) is 11.8 Å². The van der Waals surface area contributed by atoms with E-state index < -0.39 is 0 Å². The summed E-state index contributed by atoms with van der Waals surface area (Å²) in [6.45, 7) is 2.79. The highest BCUT2D eigenvalue weighted by Crippen LogP contribution is 2.39. The Labute approximate surface area is 170 Å². The molecule has 0 radical (unpaired) electrons. The monoisotopic (exact) mass is 401 g/mol. The van der Waals surface area contributed by atoms with Crippen molar-refractivity contribution in [1.29, 1.82) is 0 Å². The van der Waals surface area contributed by atoms with Gasteiger partial charge in [0.25, 0.3) is 5.91 Å². The first-order valence-corrected chi connectivity index (χ1v) is 10.3. The van der Waals surface area contributed by atoms with Gasteiger partial charge in [-0.15, -0.1) is 0 Å². The normalized spacial score (nSPS) is 21.3. The number of carbonyl (C=O) groups is 1. The minimum Gasteiger partial charge on any atom is -0.494 e. The third kappa shape index (κ3) is 4.78. The third-order valence-electron chi connectivity index (χ3n) is 6.09. The van der Waals surface area contributed by atoms with Crippen LogP contribution in [0.5, 0.6) is 5.75 Å². The number of imidazole rings is 1. The molecule has 1 amide bonds. The molecule has 0 N–H and O–H groups in total. The van der Waals surface area contributed by atoms with Crippen molar-refractivity contribution in [3.63, 3.8) is 0 Å². The average Bonchev–Trinajstić information content (AvgIpc) is 3.16. The van der Waals surface area contributed by atoms with E-state index in [1.807, 2.05) is 11.9 Å². The van der Waals surface area contributed by atoms with Gasteiger partial charge in [-0.25, -0.2) is 9.37 Å². The molecule has 2 aliphatic heterocycles. The van der Waals surface area contributed by atoms with Crippen LogP contribution >= 0.6 is 0 Å². The van der Waals surface area contributed by atoms with Gasteiger partial charge in [0.2, 0.25) is 0 Å². The van der Waals surface area contributed by atoms with Crippen molar-refractivity contribution >= 4 is 5.91 Å². The molecule has 1 atom stereocenters. The number of aromatic nitrogens is 2. The Morgan fingerprint density at radius 1 is 1.31 bits per heavy atom. The van der Waals surface area contributed by atoms with Gasteiger partial charge in [-0.2, -0.15) is 0 Å². The molecule has 2 aromatic rings. The Bertz CT molecular complexity index is 828. The lowest BCUT2D eigenvalue weighted by Crippen LogP contribution is -2.51. The molecule has 1 unspecified atom stereocenters. The standard InChI is InChI=1S/C22H28FN3O3/c1-25-15-20(24-16-25)21(27)26-10-8-22(9-11-26)14-17(7-13-29-22)6-12-28-19-4-2-18(23)3-5-19/h2-5,15-17H,6-14H2,1H3. The second kappa shape index (κ2) is 8.53. The number of carbonyl (C=O) groups excluding carboxylic acids is 1. The van der Waals surface area contributed by atoms with E-state index in [0.29, 0.717) is 37.1 Å². The largest absolute Gasteiger partial charge is 0.494 e. The van der Waals surface area contributed by atoms with Crippen molar-refractivity contribution in [2.75, 3.05) is 26.3 Å². The smallest absolute Gasteiger partial charge is 0.274 e. The molecule has 7 heteroatoms. The van der Waals surface area contributed by atoms with Gasteiger partial charge in [-0.3, -0.25) is 4.79 Å². The minimum atomic E-state index is -0.253. The van der Waals surface area contributed by atoms with E-state index in [9.17, 15) is 9.18 Å². The second-order valence-electron chi connectivity index (χ2n) is 8.20. The number of nitrogens with zero attached hydrogens (tertiary/aromatic N) is 3. The summed E-state index contributed by atoms with van der Waals surface area (Å²) in [5, 5.41) is 0. The molecule has 0 bridgehead atoms. The Balaban J connectivity index is 1.26. The second-order valence-corrected chi connectivity index (χ2v) is 8.20. The number of amides is 1. The predicted molar refractivity (Wildman–Crippen MR) is 106 cm³/mol. The Morgan fingerprint density at radius 2 is 2.07 bits per heavy atom. The number of halogens is 1. The van der Waals surface area contributed by atoms with Crippen LogP contribution in [0.1, 0.15) is 42.6 Å². The number of piperidine rings is 1. The van der Waals surface area contributed by atoms with Crippen LogP contribution in [0.25, 0.3) is 0 Å². The third-order valence-corrected chi connectivity index (χ3v) is 6.09. The minimum absolute atomic E-state index is 0.000470. The summed E-state index contributed by atoms with van der Waals surface area (Å²) in [4.78, 5) is 18.7. The van der Waals surface area contributed by atoms with E-state index in [0.717, 1.165) is 38.7 Å². The first-order chi connectivity index (χ1) is 14.0. The van der Waals surface area contributed by atoms with Crippen LogP contribution in [-0.4, -0.2) is 52.3 Å². The molecule has 0 saturated carbocycles. The molecule has 2 fully saturated rings. The summed E-state index contributed by atoms with van der Waals surface area (Å²) >= 11 is 0. The van der Waals surface area contributed by atoms with E-state index in [2.05, 4.69) is 4.98 Å². The van der Waals surface area contributed by atoms with Gasteiger partial charge in [0.1, 0.15) is 17.3 Å². The first kappa shape index (κ1) is 19.9. The first-order valence-electron chi connectivity index (χ1n) is 10.3. The maximum absolute atomic E-state index is 13.0. The summed E-state index contributed by atoms with van der Waals surface area (Å²) < 4.78 is 26.8. The van der Waals surface area contributed by atoms with E-state index in [4.69, 9.17) is 9.47 Å². The van der Waals surface area contributed by atoms with E-state index >= 15 is 0 Å². The van der Waals surface area contributed by atoms with Gasteiger partial charge in [-0.05, 0) is 62.3 Å². The predicted octanol–water partition coefficient (Wildman–Crippen LogP) is 3.43. The van der Waals surface area contributed by atoms with Crippen molar-refractivity contribution in [3.05, 3.63) is 48.3 Å². The molecule has 4 rings (SSSR count). The fourth-order valence-electron chi connectivity index (χ4n) is 4.40. The van der Waals surface area contributed by atoms with Crippen LogP contribution in [0.4, 0.5) is 4.39 Å². The van der Waals surface area contributed by atoms with Crippen molar-refractivity contribution in [2.45, 2.75) is 37.7 Å². The molecular formula is C22H28FN3O3. The molecule has 2 saturated heterocycles. The number of ether oxygens (including phenoxy) is 2. The summed E-state index contributed by atoms with van der Waals surface area (Å²) in [6.07, 6.45) is 8.14. The highest BCUT2D eigenvalue weighted by Gasteiger charge is 2.41. The van der Waals surface area contributed by atoms with Gasteiger partial charge >= 0.3 is 0 Å². The quantitative estimate of drug-likeness (QED) is 0.770. The number of hydrogen-bond donors (Lipinski definition) is 0. The van der Waals surface area contributed by atoms with Gasteiger partial charge in [0.05, 0.1) is 18.5 Å². The Hall–Kier alpha value is -2.41. The lowest BCUT2D eigenvalue weighted by molar-refractivity contribution is -0.125. The van der Waals surface area contributed by atoms with Crippen molar-refractivity contribution in [3.8, 4) is 5.75 Å². The summed E-state index contributed by atoms with van der Waals surface area (Å²) in [5.74, 6) is 0.994. The van der Waals surface area contributed by atoms with Crippen LogP contribution in [0.2, 0.25) is 0 Å². The van der Waals surface area contributed by atoms with Crippen molar-refractivity contribution < 1.29 is 18.7 Å². The lowest BCUT2D eigenvalue weighted by atomic mass is 9.78. The van der Waals surface area contributed by atoms with Gasteiger partial charge < -0.3 is 18.9 Å². The summed E-state index contributed by atoms with van der Waals surface area (Å²) in [6, 6.07) is 6.15. The van der Waals surface area contributed by atoms with Crippen LogP contribution in [0.3, 0.4) is 0 Å². The van der Waals surface area contributed by atoms with E-state index in [1.54, 1.807) is 29.2 Å². The lowest BCUT2D eigenvalue weighted by Gasteiger charge is -2.46. The van der Waals surface area contributed by atoms with Crippen molar-refractivity contribution in [1.82, 2.24) is 14.5 Å². The van der Waals surface area contributed by atoms with Crippen LogP contribution in [0.15, 0.2) is 36.8 Å². The molecule has 3 heterocycles. The summed E-state index contributed by atoms with van der Waals surface area (Å²) in [5.41, 5.74) is 0.378. The zero-order valence-corrected chi connectivity index (χ0v) is 16.8. The molecule has 2 aliphatic rings. The molecule has 0 aliphatic carbocycles. The van der Waals surface area contributed by atoms with Gasteiger partial charge in [0, 0.05) is 32.9 Å². The molecule has 156 valence electrons. The van der Waals surface area contributed by atoms with Crippen LogP contribution in [0, 0.1) is 11.7 Å². The van der Waals surface area contributed by atoms with Crippen LogP contribution < -0.4 is 4.74 Å². The molecule has 1 aromatic heterocycles. The van der Waals surface area contributed by atoms with E-state index in [1.165, 1.54) is 12.1 Å². The maximum Gasteiger partial charge on any atom is 0.274 e. The highest BCUT2D eigenvalue weighted by molar-refractivity contribution is 5.92. The van der Waals surface area contributed by atoms with E-state index in [-0.39, 0.29) is 17.3 Å². The molecule has 1 aromatic carbocycles. The number of aryl methyl sites for hydroxylation is 1. The zero-order chi connectivity index (χ0) is 20.3. The number of likely N-dealkylation sites (tertiary alicyclic amines) is 1. The molecule has 1 spiro atoms. The van der Waals surface area contributed by atoms with Gasteiger partial charge in [0.15, 0.2) is 0 Å². The zero-order valence-electron chi connectivity index (χ0n) is 16.8. The number of rotatable bonds is 5. The maximum atomic E-state index is 13.0. The fraction of sp³-hybridized carbons (Fsp3) is 0.545. The molecule has 6 nitrogen and oxygen atoms in total. The number of benzene rings is 1. The molecular weight excluding hydrogens is 373 g/mol. The topological polar surface area (TPSA) is 56.6 Å². The fourth-order valence-corrected chi connectivity index (χ4v) is 4.40. The summed E-state index contributed by atoms with van der Waals surface area (Å²) in [7, 11) is 1.87. The Kier molecular flexibility index (Phi) is 5.85. The SMILES string of the molecule is Cn1cnc(C(=O)N2CCC3(CC2)CC(CCOc2ccc(F)cc2)CCO3)c1.